The Kier molecular flexibility index (Phi) is 4.00. The molecule has 1 aliphatic heterocycles. The maximum absolute atomic E-state index is 12.1. The number of pyridine rings is 2. The topological polar surface area (TPSA) is 83.4 Å². The van der Waals surface area contributed by atoms with E-state index >= 15 is 0 Å². The van der Waals surface area contributed by atoms with Crippen LogP contribution in [0.4, 0.5) is 0 Å². The molecule has 0 aromatic carbocycles. The molecule has 1 amide bonds. The average Bonchev–Trinajstić information content (AvgIpc) is 2.85. The van der Waals surface area contributed by atoms with Crippen LogP contribution >= 0.6 is 0 Å². The Labute approximate surface area is 127 Å². The maximum atomic E-state index is 12.1. The first kappa shape index (κ1) is 14.4. The van der Waals surface area contributed by atoms with Gasteiger partial charge in [0.1, 0.15) is 6.54 Å². The van der Waals surface area contributed by atoms with Gasteiger partial charge in [0.25, 0.3) is 0 Å². The van der Waals surface area contributed by atoms with E-state index in [2.05, 4.69) is 9.97 Å². The fraction of sp³-hybridized carbons (Fsp3) is 0.375. The van der Waals surface area contributed by atoms with Crippen LogP contribution in [-0.2, 0) is 16.0 Å². The van der Waals surface area contributed by atoms with Gasteiger partial charge in [0.05, 0.1) is 0 Å². The fourth-order valence-electron chi connectivity index (χ4n) is 2.85. The van der Waals surface area contributed by atoms with Crippen molar-refractivity contribution in [3.8, 4) is 0 Å². The Balaban J connectivity index is 1.62. The predicted octanol–water partition coefficient (Wildman–Crippen LogP) is 1.50. The first-order valence-corrected chi connectivity index (χ1v) is 7.35. The van der Waals surface area contributed by atoms with Crippen molar-refractivity contribution in [1.82, 2.24) is 14.9 Å². The van der Waals surface area contributed by atoms with Gasteiger partial charge in [0.15, 0.2) is 5.65 Å². The van der Waals surface area contributed by atoms with Crippen molar-refractivity contribution in [3.63, 3.8) is 0 Å². The van der Waals surface area contributed by atoms with Crippen LogP contribution in [0.15, 0.2) is 30.5 Å². The summed E-state index contributed by atoms with van der Waals surface area (Å²) in [5.41, 5.74) is 1.63. The normalized spacial score (nSPS) is 18.1. The lowest BCUT2D eigenvalue weighted by Gasteiger charge is -2.13. The van der Waals surface area contributed by atoms with Gasteiger partial charge in [-0.2, -0.15) is 0 Å². The number of nitrogens with zero attached hydrogens (tertiary/aromatic N) is 3. The molecule has 114 valence electrons. The van der Waals surface area contributed by atoms with Crippen LogP contribution in [0.1, 0.15) is 18.5 Å². The maximum Gasteiger partial charge on any atom is 0.323 e. The van der Waals surface area contributed by atoms with E-state index in [4.69, 9.17) is 5.11 Å². The van der Waals surface area contributed by atoms with Gasteiger partial charge < -0.3 is 10.0 Å². The lowest BCUT2D eigenvalue weighted by Crippen LogP contribution is -2.32. The van der Waals surface area contributed by atoms with Crippen molar-refractivity contribution >= 4 is 22.9 Å². The van der Waals surface area contributed by atoms with Crippen molar-refractivity contribution in [1.29, 1.82) is 0 Å². The summed E-state index contributed by atoms with van der Waals surface area (Å²) in [5.74, 6) is -1.11. The lowest BCUT2D eigenvalue weighted by atomic mass is 10.0. The predicted molar refractivity (Wildman–Crippen MR) is 80.2 cm³/mol. The van der Waals surface area contributed by atoms with E-state index in [1.807, 2.05) is 24.3 Å². The number of amides is 1. The molecule has 1 unspecified atom stereocenters. The molecule has 6 heteroatoms. The molecule has 1 fully saturated rings. The first-order valence-electron chi connectivity index (χ1n) is 7.35. The van der Waals surface area contributed by atoms with Crippen LogP contribution in [0.5, 0.6) is 0 Å². The van der Waals surface area contributed by atoms with Crippen molar-refractivity contribution < 1.29 is 14.7 Å². The first-order chi connectivity index (χ1) is 10.6. The molecule has 0 bridgehead atoms. The molecule has 0 saturated carbocycles. The molecule has 1 N–H and O–H groups in total. The summed E-state index contributed by atoms with van der Waals surface area (Å²) >= 11 is 0. The summed E-state index contributed by atoms with van der Waals surface area (Å²) < 4.78 is 0. The highest BCUT2D eigenvalue weighted by molar-refractivity contribution is 5.84. The lowest BCUT2D eigenvalue weighted by molar-refractivity contribution is -0.143. The number of carbonyl (C=O) groups excluding carboxylic acids is 1. The van der Waals surface area contributed by atoms with Gasteiger partial charge in [0, 0.05) is 29.7 Å². The molecule has 3 heterocycles. The molecule has 0 spiro atoms. The standard InChI is InChI=1S/C16H17N3O3/c20-14(21)10-19-9-7-12(16(19)22)4-6-13-5-3-11-2-1-8-17-15(11)18-13/h1-3,5,8,12H,4,6-7,9-10H2,(H,20,21). The zero-order valence-electron chi connectivity index (χ0n) is 12.1. The second-order valence-corrected chi connectivity index (χ2v) is 5.53. The average molecular weight is 299 g/mol. The molecular weight excluding hydrogens is 282 g/mol. The molecule has 22 heavy (non-hydrogen) atoms. The summed E-state index contributed by atoms with van der Waals surface area (Å²) in [6.45, 7) is 0.329. The number of carboxylic acids is 1. The quantitative estimate of drug-likeness (QED) is 0.904. The van der Waals surface area contributed by atoms with E-state index in [0.717, 1.165) is 17.5 Å². The Bertz CT molecular complexity index is 717. The summed E-state index contributed by atoms with van der Waals surface area (Å²) in [7, 11) is 0. The van der Waals surface area contributed by atoms with Crippen molar-refractivity contribution in [2.24, 2.45) is 5.92 Å². The third kappa shape index (κ3) is 3.05. The van der Waals surface area contributed by atoms with Crippen LogP contribution < -0.4 is 0 Å². The minimum atomic E-state index is -0.962. The number of hydrogen-bond acceptors (Lipinski definition) is 4. The third-order valence-electron chi connectivity index (χ3n) is 4.01. The van der Waals surface area contributed by atoms with E-state index in [1.165, 1.54) is 4.90 Å². The Morgan fingerprint density at radius 2 is 2.23 bits per heavy atom. The van der Waals surface area contributed by atoms with Crippen molar-refractivity contribution in [3.05, 3.63) is 36.2 Å². The van der Waals surface area contributed by atoms with Gasteiger partial charge in [-0.3, -0.25) is 9.59 Å². The number of aliphatic carboxylic acids is 1. The van der Waals surface area contributed by atoms with E-state index < -0.39 is 5.97 Å². The molecule has 6 nitrogen and oxygen atoms in total. The SMILES string of the molecule is O=C(O)CN1CCC(CCc2ccc3cccnc3n2)C1=O. The number of aromatic nitrogens is 2. The molecule has 1 aliphatic rings. The number of rotatable bonds is 5. The number of likely N-dealkylation sites (tertiary alicyclic amines) is 1. The van der Waals surface area contributed by atoms with Crippen molar-refractivity contribution in [2.75, 3.05) is 13.1 Å². The van der Waals surface area contributed by atoms with E-state index in [1.54, 1.807) is 6.20 Å². The van der Waals surface area contributed by atoms with Crippen LogP contribution in [-0.4, -0.2) is 44.9 Å². The summed E-state index contributed by atoms with van der Waals surface area (Å²) in [6.07, 6.45) is 3.82. The number of hydrogen-bond donors (Lipinski definition) is 1. The number of carbonyl (C=O) groups is 2. The zero-order chi connectivity index (χ0) is 15.5. The molecule has 0 aliphatic carbocycles. The Morgan fingerprint density at radius 3 is 3.05 bits per heavy atom. The fourth-order valence-corrected chi connectivity index (χ4v) is 2.85. The number of fused-ring (bicyclic) bond motifs is 1. The highest BCUT2D eigenvalue weighted by Gasteiger charge is 2.32. The second-order valence-electron chi connectivity index (χ2n) is 5.53. The highest BCUT2D eigenvalue weighted by Crippen LogP contribution is 2.23. The van der Waals surface area contributed by atoms with Gasteiger partial charge in [-0.15, -0.1) is 0 Å². The van der Waals surface area contributed by atoms with Gasteiger partial charge in [-0.25, -0.2) is 9.97 Å². The molecule has 1 saturated heterocycles. The number of carboxylic acid groups (broad SMARTS) is 1. The third-order valence-corrected chi connectivity index (χ3v) is 4.01. The summed E-state index contributed by atoms with van der Waals surface area (Å²) in [6, 6.07) is 7.78. The molecule has 2 aromatic heterocycles. The van der Waals surface area contributed by atoms with E-state index in [0.29, 0.717) is 25.0 Å². The van der Waals surface area contributed by atoms with Crippen LogP contribution in [0.2, 0.25) is 0 Å². The summed E-state index contributed by atoms with van der Waals surface area (Å²) in [5, 5.41) is 9.77. The van der Waals surface area contributed by atoms with Gasteiger partial charge in [0.2, 0.25) is 5.91 Å². The van der Waals surface area contributed by atoms with Crippen LogP contribution in [0.3, 0.4) is 0 Å². The minimum absolute atomic E-state index is 0.0543. The number of aryl methyl sites for hydroxylation is 1. The second kappa shape index (κ2) is 6.09. The Morgan fingerprint density at radius 1 is 1.36 bits per heavy atom. The molecular formula is C16H17N3O3. The minimum Gasteiger partial charge on any atom is -0.480 e. The largest absolute Gasteiger partial charge is 0.480 e. The highest BCUT2D eigenvalue weighted by atomic mass is 16.4. The van der Waals surface area contributed by atoms with E-state index in [9.17, 15) is 9.59 Å². The van der Waals surface area contributed by atoms with E-state index in [-0.39, 0.29) is 18.4 Å². The van der Waals surface area contributed by atoms with Crippen LogP contribution in [0.25, 0.3) is 11.0 Å². The monoisotopic (exact) mass is 299 g/mol. The smallest absolute Gasteiger partial charge is 0.323 e. The van der Waals surface area contributed by atoms with Crippen LogP contribution in [0, 0.1) is 5.92 Å². The summed E-state index contributed by atoms with van der Waals surface area (Å²) in [4.78, 5) is 33.0. The molecule has 0 radical (unpaired) electrons. The zero-order valence-corrected chi connectivity index (χ0v) is 12.1. The van der Waals surface area contributed by atoms with Gasteiger partial charge in [-0.1, -0.05) is 0 Å². The Hall–Kier alpha value is -2.50. The van der Waals surface area contributed by atoms with Gasteiger partial charge >= 0.3 is 5.97 Å². The van der Waals surface area contributed by atoms with Gasteiger partial charge in [-0.05, 0) is 43.5 Å². The molecule has 1 atom stereocenters. The molecule has 2 aromatic rings. The van der Waals surface area contributed by atoms with Crippen molar-refractivity contribution in [2.45, 2.75) is 19.3 Å². The molecule has 3 rings (SSSR count).